The lowest BCUT2D eigenvalue weighted by Crippen LogP contribution is -2.45. The third-order valence-corrected chi connectivity index (χ3v) is 3.97. The molecule has 0 radical (unpaired) electrons. The van der Waals surface area contributed by atoms with Gasteiger partial charge in [0, 0.05) is 50.3 Å². The van der Waals surface area contributed by atoms with Gasteiger partial charge in [-0.3, -0.25) is 9.88 Å². The lowest BCUT2D eigenvalue weighted by Gasteiger charge is -2.36. The zero-order valence-corrected chi connectivity index (χ0v) is 12.6. The summed E-state index contributed by atoms with van der Waals surface area (Å²) in [7, 11) is 1.39. The first-order valence-corrected chi connectivity index (χ1v) is 7.39. The van der Waals surface area contributed by atoms with Gasteiger partial charge in [0.05, 0.1) is 7.11 Å². The smallest absolute Gasteiger partial charge is 0.354 e. The molecule has 0 bridgehead atoms. The molecule has 1 aliphatic heterocycles. The number of nitrogens with zero attached hydrogens (tertiary/aromatic N) is 2. The highest BCUT2D eigenvalue weighted by Gasteiger charge is 2.24. The van der Waals surface area contributed by atoms with Crippen molar-refractivity contribution in [1.29, 1.82) is 0 Å². The fourth-order valence-corrected chi connectivity index (χ4v) is 2.83. The standard InChI is InChI=1S/C16H20N4O2/c1-22-16(21)14-3-2-13(19-14)11-20-9-8-18-10-15(20)12-4-6-17-7-5-12/h2-7,15,18-19H,8-11H2,1H3. The second kappa shape index (κ2) is 6.72. The molecule has 1 atom stereocenters. The number of pyridine rings is 1. The summed E-state index contributed by atoms with van der Waals surface area (Å²) in [5.74, 6) is -0.336. The minimum absolute atomic E-state index is 0.307. The second-order valence-electron chi connectivity index (χ2n) is 5.36. The number of hydrogen-bond donors (Lipinski definition) is 2. The van der Waals surface area contributed by atoms with Crippen molar-refractivity contribution >= 4 is 5.97 Å². The van der Waals surface area contributed by atoms with E-state index in [-0.39, 0.29) is 5.97 Å². The van der Waals surface area contributed by atoms with E-state index in [4.69, 9.17) is 4.74 Å². The van der Waals surface area contributed by atoms with E-state index >= 15 is 0 Å². The molecule has 22 heavy (non-hydrogen) atoms. The van der Waals surface area contributed by atoms with Crippen LogP contribution in [0.1, 0.15) is 27.8 Å². The second-order valence-corrected chi connectivity index (χ2v) is 5.36. The number of carbonyl (C=O) groups excluding carboxylic acids is 1. The van der Waals surface area contributed by atoms with Crippen LogP contribution in [-0.4, -0.2) is 47.6 Å². The monoisotopic (exact) mass is 300 g/mol. The molecule has 0 saturated carbocycles. The summed E-state index contributed by atoms with van der Waals surface area (Å²) in [6.07, 6.45) is 3.65. The van der Waals surface area contributed by atoms with E-state index < -0.39 is 0 Å². The zero-order chi connectivity index (χ0) is 15.4. The van der Waals surface area contributed by atoms with Crippen molar-refractivity contribution in [1.82, 2.24) is 20.2 Å². The maximum atomic E-state index is 11.5. The summed E-state index contributed by atoms with van der Waals surface area (Å²) in [4.78, 5) is 21.1. The molecular formula is C16H20N4O2. The summed E-state index contributed by atoms with van der Waals surface area (Å²) in [5, 5.41) is 3.44. The van der Waals surface area contributed by atoms with Crippen LogP contribution in [0.5, 0.6) is 0 Å². The van der Waals surface area contributed by atoms with E-state index in [1.807, 2.05) is 18.5 Å². The van der Waals surface area contributed by atoms with Crippen molar-refractivity contribution in [3.63, 3.8) is 0 Å². The Kier molecular flexibility index (Phi) is 4.50. The molecule has 0 aliphatic carbocycles. The predicted octanol–water partition coefficient (Wildman–Crippen LogP) is 1.34. The molecule has 3 rings (SSSR count). The number of rotatable bonds is 4. The highest BCUT2D eigenvalue weighted by Crippen LogP contribution is 2.23. The maximum Gasteiger partial charge on any atom is 0.354 e. The quantitative estimate of drug-likeness (QED) is 0.834. The van der Waals surface area contributed by atoms with Crippen molar-refractivity contribution in [2.24, 2.45) is 0 Å². The Balaban J connectivity index is 1.74. The van der Waals surface area contributed by atoms with Gasteiger partial charge in [-0.1, -0.05) is 0 Å². The fourth-order valence-electron chi connectivity index (χ4n) is 2.83. The Morgan fingerprint density at radius 2 is 2.18 bits per heavy atom. The van der Waals surface area contributed by atoms with Crippen molar-refractivity contribution in [2.75, 3.05) is 26.7 Å². The summed E-state index contributed by atoms with van der Waals surface area (Å²) in [6.45, 7) is 3.60. The number of ether oxygens (including phenoxy) is 1. The molecule has 1 saturated heterocycles. The largest absolute Gasteiger partial charge is 0.464 e. The van der Waals surface area contributed by atoms with Gasteiger partial charge in [0.25, 0.3) is 0 Å². The SMILES string of the molecule is COC(=O)c1ccc(CN2CCNCC2c2ccncc2)[nH]1. The van der Waals surface area contributed by atoms with E-state index in [2.05, 4.69) is 32.3 Å². The summed E-state index contributed by atoms with van der Waals surface area (Å²) in [5.41, 5.74) is 2.76. The van der Waals surface area contributed by atoms with Gasteiger partial charge in [0.2, 0.25) is 0 Å². The normalized spacial score (nSPS) is 19.0. The summed E-state index contributed by atoms with van der Waals surface area (Å²) < 4.78 is 4.73. The Hall–Kier alpha value is -2.18. The summed E-state index contributed by atoms with van der Waals surface area (Å²) in [6, 6.07) is 8.13. The molecule has 2 aromatic rings. The van der Waals surface area contributed by atoms with E-state index in [1.165, 1.54) is 12.7 Å². The van der Waals surface area contributed by atoms with Gasteiger partial charge >= 0.3 is 5.97 Å². The maximum absolute atomic E-state index is 11.5. The van der Waals surface area contributed by atoms with Crippen molar-refractivity contribution in [3.8, 4) is 0 Å². The molecular weight excluding hydrogens is 280 g/mol. The van der Waals surface area contributed by atoms with Crippen LogP contribution >= 0.6 is 0 Å². The molecule has 6 nitrogen and oxygen atoms in total. The Morgan fingerprint density at radius 3 is 2.95 bits per heavy atom. The van der Waals surface area contributed by atoms with Crippen LogP contribution < -0.4 is 5.32 Å². The van der Waals surface area contributed by atoms with Gasteiger partial charge in [0.1, 0.15) is 5.69 Å². The first kappa shape index (κ1) is 14.7. The number of carbonyl (C=O) groups is 1. The number of H-pyrrole nitrogens is 1. The molecule has 3 heterocycles. The third kappa shape index (κ3) is 3.18. The van der Waals surface area contributed by atoms with E-state index in [1.54, 1.807) is 6.07 Å². The number of hydrogen-bond acceptors (Lipinski definition) is 5. The molecule has 1 unspecified atom stereocenters. The number of aromatic amines is 1. The molecule has 1 fully saturated rings. The van der Waals surface area contributed by atoms with E-state index in [0.717, 1.165) is 31.9 Å². The molecule has 0 aromatic carbocycles. The van der Waals surface area contributed by atoms with Crippen molar-refractivity contribution in [2.45, 2.75) is 12.6 Å². The van der Waals surface area contributed by atoms with Gasteiger partial charge < -0.3 is 15.0 Å². The third-order valence-electron chi connectivity index (χ3n) is 3.97. The molecule has 1 aliphatic rings. The van der Waals surface area contributed by atoms with Gasteiger partial charge in [-0.15, -0.1) is 0 Å². The number of nitrogens with one attached hydrogen (secondary N) is 2. The predicted molar refractivity (Wildman–Crippen MR) is 82.4 cm³/mol. The Bertz CT molecular complexity index is 626. The van der Waals surface area contributed by atoms with Crippen LogP contribution in [0.4, 0.5) is 0 Å². The van der Waals surface area contributed by atoms with E-state index in [9.17, 15) is 4.79 Å². The van der Waals surface area contributed by atoms with Crippen LogP contribution in [0.3, 0.4) is 0 Å². The Labute approximate surface area is 129 Å². The number of esters is 1. The average Bonchev–Trinajstić information content (AvgIpc) is 3.04. The van der Waals surface area contributed by atoms with Crippen molar-refractivity contribution in [3.05, 3.63) is 53.6 Å². The van der Waals surface area contributed by atoms with Crippen LogP contribution in [0.2, 0.25) is 0 Å². The van der Waals surface area contributed by atoms with Crippen LogP contribution in [-0.2, 0) is 11.3 Å². The topological polar surface area (TPSA) is 70.2 Å². The van der Waals surface area contributed by atoms with E-state index in [0.29, 0.717) is 11.7 Å². The number of methoxy groups -OCH3 is 1. The van der Waals surface area contributed by atoms with Gasteiger partial charge in [-0.05, 0) is 29.8 Å². The minimum Gasteiger partial charge on any atom is -0.464 e. The molecule has 2 aromatic heterocycles. The van der Waals surface area contributed by atoms with Crippen molar-refractivity contribution < 1.29 is 9.53 Å². The van der Waals surface area contributed by atoms with Crippen LogP contribution in [0.15, 0.2) is 36.7 Å². The number of aromatic nitrogens is 2. The first-order valence-electron chi connectivity index (χ1n) is 7.39. The lowest BCUT2D eigenvalue weighted by molar-refractivity contribution is 0.0594. The van der Waals surface area contributed by atoms with Crippen LogP contribution in [0.25, 0.3) is 0 Å². The highest BCUT2D eigenvalue weighted by molar-refractivity contribution is 5.87. The lowest BCUT2D eigenvalue weighted by atomic mass is 10.0. The minimum atomic E-state index is -0.336. The number of piperazine rings is 1. The Morgan fingerprint density at radius 1 is 1.36 bits per heavy atom. The molecule has 6 heteroatoms. The fraction of sp³-hybridized carbons (Fsp3) is 0.375. The summed E-state index contributed by atoms with van der Waals surface area (Å²) >= 11 is 0. The molecule has 0 amide bonds. The zero-order valence-electron chi connectivity index (χ0n) is 12.6. The molecule has 2 N–H and O–H groups in total. The average molecular weight is 300 g/mol. The molecule has 0 spiro atoms. The van der Waals surface area contributed by atoms with Gasteiger partial charge in [-0.2, -0.15) is 0 Å². The highest BCUT2D eigenvalue weighted by atomic mass is 16.5. The first-order chi connectivity index (χ1) is 10.8. The van der Waals surface area contributed by atoms with Crippen LogP contribution in [0, 0.1) is 0 Å². The van der Waals surface area contributed by atoms with Gasteiger partial charge in [0.15, 0.2) is 0 Å². The van der Waals surface area contributed by atoms with Gasteiger partial charge in [-0.25, -0.2) is 4.79 Å². The molecule has 116 valence electrons.